The van der Waals surface area contributed by atoms with Gasteiger partial charge in [-0.1, -0.05) is 34.6 Å². The molecule has 354 valence electrons. The van der Waals surface area contributed by atoms with Gasteiger partial charge in [-0.3, -0.25) is 0 Å². The van der Waals surface area contributed by atoms with E-state index < -0.39 is 24.9 Å². The zero-order valence-electron chi connectivity index (χ0n) is 38.9. The molecule has 2 aromatic rings. The van der Waals surface area contributed by atoms with Crippen LogP contribution in [-0.4, -0.2) is 175 Å². The maximum Gasteiger partial charge on any atom is 0.320 e. The summed E-state index contributed by atoms with van der Waals surface area (Å²) in [6.07, 6.45) is 2.17. The summed E-state index contributed by atoms with van der Waals surface area (Å²) in [7, 11) is -4.85. The highest BCUT2D eigenvalue weighted by atomic mass is 32.2. The van der Waals surface area contributed by atoms with Crippen molar-refractivity contribution in [3.63, 3.8) is 0 Å². The van der Waals surface area contributed by atoms with Gasteiger partial charge in [-0.15, -0.1) is 0 Å². The van der Waals surface area contributed by atoms with Crippen molar-refractivity contribution < 1.29 is 40.6 Å². The quantitative estimate of drug-likeness (QED) is 0.314. The van der Waals surface area contributed by atoms with E-state index in [2.05, 4.69) is 56.6 Å². The number of sulfone groups is 2. The van der Waals surface area contributed by atoms with Crippen LogP contribution < -0.4 is 19.3 Å². The molecule has 0 aliphatic carbocycles. The fourth-order valence-corrected chi connectivity index (χ4v) is 15.0. The lowest BCUT2D eigenvalue weighted by Crippen LogP contribution is -2.60. The first-order chi connectivity index (χ1) is 30.2. The lowest BCUT2D eigenvalue weighted by Gasteiger charge is -2.52. The van der Waals surface area contributed by atoms with Crippen LogP contribution in [0.3, 0.4) is 0 Å². The van der Waals surface area contributed by atoms with E-state index in [0.29, 0.717) is 45.1 Å². The molecule has 6 unspecified atom stereocenters. The van der Waals surface area contributed by atoms with E-state index >= 15 is 0 Å². The average Bonchev–Trinajstić information content (AvgIpc) is 3.61. The van der Waals surface area contributed by atoms with Crippen LogP contribution in [0.15, 0.2) is 48.5 Å². The van der Waals surface area contributed by atoms with Crippen LogP contribution in [-0.2, 0) is 24.4 Å². The molecule has 6 atom stereocenters. The molecule has 8 fully saturated rings. The molecule has 64 heavy (non-hydrogen) atoms. The molecular weight excluding hydrogens is 857 g/mol. The van der Waals surface area contributed by atoms with Gasteiger partial charge in [-0.25, -0.2) is 26.4 Å². The van der Waals surface area contributed by atoms with Crippen LogP contribution in [0.1, 0.15) is 60.8 Å². The minimum absolute atomic E-state index is 0.00394. The summed E-state index contributed by atoms with van der Waals surface area (Å²) in [5.74, 6) is 1.51. The number of benzene rings is 2. The predicted octanol–water partition coefficient (Wildman–Crippen LogP) is 5.10. The first kappa shape index (κ1) is 46.6. The molecule has 17 heteroatoms. The Balaban J connectivity index is 0.910. The molecule has 15 nitrogen and oxygen atoms in total. The number of methoxy groups -OCH3 is 1. The maximum absolute atomic E-state index is 14.4. The van der Waals surface area contributed by atoms with Gasteiger partial charge in [-0.2, -0.15) is 0 Å². The number of fused-ring (bicyclic) bond motifs is 8. The lowest BCUT2D eigenvalue weighted by molar-refractivity contribution is 0.0924. The molecule has 2 aromatic carbocycles. The highest BCUT2D eigenvalue weighted by molar-refractivity contribution is 7.92. The topological polar surface area (TPSA) is 150 Å². The predicted molar refractivity (Wildman–Crippen MR) is 249 cm³/mol. The number of hydrogen-bond acceptors (Lipinski definition) is 11. The molecular formula is C47H70N6O9S2. The molecule has 0 spiro atoms. The van der Waals surface area contributed by atoms with E-state index in [9.17, 15) is 26.4 Å². The van der Waals surface area contributed by atoms with Gasteiger partial charge in [0.25, 0.3) is 0 Å². The smallest absolute Gasteiger partial charge is 0.320 e. The largest absolute Gasteiger partial charge is 0.494 e. The van der Waals surface area contributed by atoms with E-state index in [1.165, 1.54) is 0 Å². The summed E-state index contributed by atoms with van der Waals surface area (Å²) in [5.41, 5.74) is 1.78. The third-order valence-corrected chi connectivity index (χ3v) is 18.9. The van der Waals surface area contributed by atoms with Crippen molar-refractivity contribution in [2.75, 3.05) is 113 Å². The second kappa shape index (κ2) is 17.7. The van der Waals surface area contributed by atoms with Crippen molar-refractivity contribution in [1.29, 1.82) is 0 Å². The van der Waals surface area contributed by atoms with Crippen LogP contribution >= 0.6 is 0 Å². The van der Waals surface area contributed by atoms with Gasteiger partial charge in [0.15, 0.2) is 19.7 Å². The fraction of sp³-hybridized carbons (Fsp3) is 0.702. The summed E-state index contributed by atoms with van der Waals surface area (Å²) < 4.78 is 68.9. The van der Waals surface area contributed by atoms with Crippen molar-refractivity contribution in [2.24, 2.45) is 22.2 Å². The van der Waals surface area contributed by atoms with Crippen LogP contribution in [0.5, 0.6) is 11.5 Å². The van der Waals surface area contributed by atoms with Crippen LogP contribution in [0.25, 0.3) is 0 Å². The standard InChI is InChI=1S/C47H70N6O9S2/c1-8-61-37-13-9-35(10-14-37)52-33-47(6)31-46(4,5)41(52)28-51(32-47)44(55)49-20-24-64(58,59)39(27-49)17-21-62-38-15-11-36(12-16-38)53-40(30-60-7)34-25-45(2,3)42(53)29-50(26-34)43(54)48-18-22-63(56,57)23-19-48/h9-16,34,39-42H,8,17-33H2,1-7H3. The summed E-state index contributed by atoms with van der Waals surface area (Å²) in [5, 5.41) is -0.731. The zero-order chi connectivity index (χ0) is 45.8. The van der Waals surface area contributed by atoms with Crippen molar-refractivity contribution >= 4 is 43.1 Å². The van der Waals surface area contributed by atoms with Gasteiger partial charge in [0.05, 0.1) is 60.5 Å². The Labute approximate surface area is 381 Å². The van der Waals surface area contributed by atoms with Gasteiger partial charge in [0.2, 0.25) is 0 Å². The molecule has 0 N–H and O–H groups in total. The number of anilines is 2. The fourth-order valence-electron chi connectivity index (χ4n) is 12.1. The molecule has 8 saturated heterocycles. The number of carbonyl (C=O) groups is 2. The summed E-state index contributed by atoms with van der Waals surface area (Å²) in [6, 6.07) is 16.0. The molecule has 8 aliphatic heterocycles. The number of nitrogens with zero attached hydrogens (tertiary/aromatic N) is 6. The second-order valence-corrected chi connectivity index (χ2v) is 25.7. The molecule has 0 aromatic heterocycles. The van der Waals surface area contributed by atoms with Gasteiger partial charge in [-0.05, 0) is 91.5 Å². The van der Waals surface area contributed by atoms with E-state index in [-0.39, 0.29) is 109 Å². The van der Waals surface area contributed by atoms with Crippen molar-refractivity contribution in [2.45, 2.75) is 84.2 Å². The van der Waals surface area contributed by atoms with E-state index in [4.69, 9.17) is 14.2 Å². The number of amides is 4. The summed E-state index contributed by atoms with van der Waals surface area (Å²) in [4.78, 5) is 40.5. The lowest BCUT2D eigenvalue weighted by atomic mass is 9.67. The molecule has 8 heterocycles. The monoisotopic (exact) mass is 926 g/mol. The van der Waals surface area contributed by atoms with Crippen molar-refractivity contribution in [1.82, 2.24) is 19.6 Å². The zero-order valence-corrected chi connectivity index (χ0v) is 40.5. The molecule has 10 rings (SSSR count). The molecule has 0 saturated carbocycles. The Bertz CT molecular complexity index is 2230. The third kappa shape index (κ3) is 9.49. The Morgan fingerprint density at radius 2 is 1.30 bits per heavy atom. The molecule has 4 bridgehead atoms. The molecule has 0 radical (unpaired) electrons. The molecule has 8 aliphatic rings. The Hall–Kier alpha value is -3.96. The van der Waals surface area contributed by atoms with Crippen LogP contribution in [0, 0.1) is 22.2 Å². The summed E-state index contributed by atoms with van der Waals surface area (Å²) >= 11 is 0. The van der Waals surface area contributed by atoms with Gasteiger partial charge < -0.3 is 43.6 Å². The van der Waals surface area contributed by atoms with Crippen molar-refractivity contribution in [3.05, 3.63) is 48.5 Å². The number of ether oxygens (including phenoxy) is 3. The van der Waals surface area contributed by atoms with Crippen LogP contribution in [0.2, 0.25) is 0 Å². The SMILES string of the molecule is CCOc1ccc(N2CC3(C)CN(C(=O)N4CCS(=O)(=O)C(CCOc5ccc(N6C(COC)C7CN(C(=O)N8CCS(=O)(=O)CC8)CC6C(C)(C)C7)cc5)C4)CC2C(C)(C)C3)cc1. The van der Waals surface area contributed by atoms with Gasteiger partial charge in [0, 0.05) is 82.8 Å². The highest BCUT2D eigenvalue weighted by Gasteiger charge is 2.54. The van der Waals surface area contributed by atoms with E-state index in [1.54, 1.807) is 16.9 Å². The van der Waals surface area contributed by atoms with E-state index in [1.807, 2.05) is 53.1 Å². The maximum atomic E-state index is 14.4. The first-order valence-electron chi connectivity index (χ1n) is 23.2. The minimum atomic E-state index is -3.44. The van der Waals surface area contributed by atoms with Crippen LogP contribution in [0.4, 0.5) is 21.0 Å². The number of urea groups is 2. The molecule has 4 amide bonds. The normalized spacial score (nSPS) is 30.5. The first-order valence-corrected chi connectivity index (χ1v) is 26.7. The van der Waals surface area contributed by atoms with Gasteiger partial charge in [0.1, 0.15) is 11.5 Å². The highest BCUT2D eigenvalue weighted by Crippen LogP contribution is 2.50. The number of hydrogen-bond donors (Lipinski definition) is 0. The second-order valence-electron chi connectivity index (χ2n) is 21.0. The minimum Gasteiger partial charge on any atom is -0.494 e. The average molecular weight is 927 g/mol. The Morgan fingerprint density at radius 3 is 1.95 bits per heavy atom. The number of carbonyl (C=O) groups excluding carboxylic acids is 2. The van der Waals surface area contributed by atoms with Gasteiger partial charge >= 0.3 is 12.1 Å². The number of rotatable bonds is 10. The Morgan fingerprint density at radius 1 is 0.688 bits per heavy atom. The summed E-state index contributed by atoms with van der Waals surface area (Å²) in [6.45, 7) is 18.5. The number of piperidine rings is 2. The van der Waals surface area contributed by atoms with Crippen molar-refractivity contribution in [3.8, 4) is 11.5 Å². The Kier molecular flexibility index (Phi) is 12.9. The third-order valence-electron chi connectivity index (χ3n) is 15.1. The van der Waals surface area contributed by atoms with E-state index in [0.717, 1.165) is 36.5 Å².